The van der Waals surface area contributed by atoms with Gasteiger partial charge in [-0.15, -0.1) is 0 Å². The number of hydrogen-bond acceptors (Lipinski definition) is 4. The average molecular weight is 465 g/mol. The minimum Gasteiger partial charge on any atom is -0.382 e. The monoisotopic (exact) mass is 464 g/mol. The van der Waals surface area contributed by atoms with Gasteiger partial charge in [0.05, 0.1) is 12.1 Å². The molecule has 1 aromatic heterocycles. The maximum absolute atomic E-state index is 13.4. The molecule has 1 aliphatic heterocycles. The van der Waals surface area contributed by atoms with Crippen LogP contribution in [0.1, 0.15) is 25.3 Å². The number of nitrogens with one attached hydrogen (secondary N) is 2. The van der Waals surface area contributed by atoms with Crippen LogP contribution in [0.15, 0.2) is 54.7 Å². The molecule has 4 rings (SSSR count). The summed E-state index contributed by atoms with van der Waals surface area (Å²) in [5.41, 5.74) is 3.43. The third kappa shape index (κ3) is 5.07. The molecule has 2 N–H and O–H groups in total. The van der Waals surface area contributed by atoms with Gasteiger partial charge in [-0.05, 0) is 68.2 Å². The lowest BCUT2D eigenvalue weighted by molar-refractivity contribution is -0.124. The van der Waals surface area contributed by atoms with Crippen molar-refractivity contribution in [2.24, 2.45) is 0 Å². The van der Waals surface area contributed by atoms with Crippen LogP contribution in [0.3, 0.4) is 0 Å². The number of aromatic amines is 1. The third-order valence-corrected chi connectivity index (χ3v) is 6.14. The number of H-pyrrole nitrogens is 1. The van der Waals surface area contributed by atoms with Crippen LogP contribution in [0.5, 0.6) is 0 Å². The topological polar surface area (TPSA) is 77.7 Å². The zero-order valence-corrected chi connectivity index (χ0v) is 19.7. The number of ether oxygens (including phenoxy) is 1. The number of anilines is 2. The second-order valence-electron chi connectivity index (χ2n) is 8.08. The zero-order chi connectivity index (χ0) is 23.4. The van der Waals surface area contributed by atoms with E-state index in [-0.39, 0.29) is 18.2 Å². The molecule has 7 nitrogen and oxygen atoms in total. The van der Waals surface area contributed by atoms with Gasteiger partial charge in [0.15, 0.2) is 5.11 Å². The number of carbonyl (C=O) groups excluding carboxylic acids is 2. The number of aryl methyl sites for hydroxylation is 1. The van der Waals surface area contributed by atoms with Gasteiger partial charge >= 0.3 is 0 Å². The molecule has 0 radical (unpaired) electrons. The van der Waals surface area contributed by atoms with E-state index in [0.717, 1.165) is 16.5 Å². The smallest absolute Gasteiger partial charge is 0.256 e. The van der Waals surface area contributed by atoms with Crippen molar-refractivity contribution >= 4 is 51.4 Å². The Balaban J connectivity index is 1.51. The molecule has 2 aromatic carbocycles. The van der Waals surface area contributed by atoms with Gasteiger partial charge in [0.25, 0.3) is 5.91 Å². The van der Waals surface area contributed by atoms with E-state index >= 15 is 0 Å². The second kappa shape index (κ2) is 10.1. The lowest BCUT2D eigenvalue weighted by atomic mass is 10.1. The fraction of sp³-hybridized carbons (Fsp3) is 0.320. The minimum absolute atomic E-state index is 0.0126. The zero-order valence-electron chi connectivity index (χ0n) is 18.8. The van der Waals surface area contributed by atoms with Crippen molar-refractivity contribution < 1.29 is 14.3 Å². The van der Waals surface area contributed by atoms with E-state index < -0.39 is 6.04 Å². The molecule has 33 heavy (non-hydrogen) atoms. The Kier molecular flexibility index (Phi) is 7.05. The maximum atomic E-state index is 13.4. The van der Waals surface area contributed by atoms with Crippen LogP contribution in [0.25, 0.3) is 10.9 Å². The lowest BCUT2D eigenvalue weighted by Gasteiger charge is -2.23. The van der Waals surface area contributed by atoms with E-state index in [1.165, 1.54) is 0 Å². The maximum Gasteiger partial charge on any atom is 0.256 e. The summed E-state index contributed by atoms with van der Waals surface area (Å²) < 4.78 is 5.45. The molecular weight excluding hydrogens is 436 g/mol. The van der Waals surface area contributed by atoms with Crippen LogP contribution in [-0.2, 0) is 14.3 Å². The molecule has 2 amide bonds. The number of nitrogens with zero attached hydrogens (tertiary/aromatic N) is 2. The quantitative estimate of drug-likeness (QED) is 0.366. The Morgan fingerprint density at radius 1 is 1.18 bits per heavy atom. The number of amides is 2. The fourth-order valence-corrected chi connectivity index (χ4v) is 4.43. The highest BCUT2D eigenvalue weighted by molar-refractivity contribution is 7.80. The molecule has 0 aliphatic carbocycles. The second-order valence-corrected chi connectivity index (χ2v) is 8.45. The van der Waals surface area contributed by atoms with Crippen molar-refractivity contribution in [3.05, 3.63) is 60.3 Å². The number of rotatable bonds is 9. The summed E-state index contributed by atoms with van der Waals surface area (Å²) in [5.74, 6) is -0.419. The van der Waals surface area contributed by atoms with E-state index in [0.29, 0.717) is 42.7 Å². The summed E-state index contributed by atoms with van der Waals surface area (Å²) in [4.78, 5) is 32.9. The van der Waals surface area contributed by atoms with Crippen LogP contribution >= 0.6 is 12.2 Å². The minimum atomic E-state index is -0.658. The first-order valence-electron chi connectivity index (χ1n) is 11.1. The van der Waals surface area contributed by atoms with Crippen molar-refractivity contribution in [1.82, 2.24) is 9.88 Å². The highest BCUT2D eigenvalue weighted by Crippen LogP contribution is 2.28. The van der Waals surface area contributed by atoms with Gasteiger partial charge in [0.2, 0.25) is 5.91 Å². The molecule has 0 bridgehead atoms. The molecule has 8 heteroatoms. The van der Waals surface area contributed by atoms with Gasteiger partial charge in [-0.2, -0.15) is 0 Å². The Morgan fingerprint density at radius 2 is 1.97 bits per heavy atom. The largest absolute Gasteiger partial charge is 0.382 e. The molecular formula is C25H28N4O3S. The number of carbonyl (C=O) groups is 2. The van der Waals surface area contributed by atoms with E-state index in [1.807, 2.05) is 73.5 Å². The first-order chi connectivity index (χ1) is 16.0. The van der Waals surface area contributed by atoms with Crippen LogP contribution in [0.4, 0.5) is 11.4 Å². The Bertz CT molecular complexity index is 1160. The summed E-state index contributed by atoms with van der Waals surface area (Å²) in [7, 11) is 0. The Labute approximate surface area is 198 Å². The molecule has 0 spiro atoms. The number of hydrogen-bond donors (Lipinski definition) is 2. The average Bonchev–Trinajstić information content (AvgIpc) is 3.35. The van der Waals surface area contributed by atoms with Gasteiger partial charge in [-0.1, -0.05) is 23.8 Å². The number of thiocarbonyl (C=S) groups is 1. The summed E-state index contributed by atoms with van der Waals surface area (Å²) >= 11 is 5.69. The van der Waals surface area contributed by atoms with Crippen LogP contribution < -0.4 is 10.2 Å². The highest BCUT2D eigenvalue weighted by atomic mass is 32.1. The van der Waals surface area contributed by atoms with Gasteiger partial charge in [0, 0.05) is 37.2 Å². The predicted octanol–water partition coefficient (Wildman–Crippen LogP) is 4.23. The molecule has 1 unspecified atom stereocenters. The molecule has 1 atom stereocenters. The van der Waals surface area contributed by atoms with E-state index in [9.17, 15) is 9.59 Å². The third-order valence-electron chi connectivity index (χ3n) is 5.72. The first-order valence-corrected chi connectivity index (χ1v) is 11.5. The van der Waals surface area contributed by atoms with Gasteiger partial charge < -0.3 is 19.9 Å². The van der Waals surface area contributed by atoms with Crippen LogP contribution in [0.2, 0.25) is 0 Å². The van der Waals surface area contributed by atoms with Gasteiger partial charge in [-0.3, -0.25) is 14.5 Å². The lowest BCUT2D eigenvalue weighted by Crippen LogP contribution is -2.38. The highest BCUT2D eigenvalue weighted by Gasteiger charge is 2.43. The summed E-state index contributed by atoms with van der Waals surface area (Å²) in [6.07, 6.45) is 2.58. The number of aromatic nitrogens is 1. The SMILES string of the molecule is CCOCCCN1C(=S)N(c2ccc(C)cc2)C(=O)C1CC(=O)Nc1ccc2cc[nH]c2c1. The van der Waals surface area contributed by atoms with E-state index in [4.69, 9.17) is 17.0 Å². The summed E-state index contributed by atoms with van der Waals surface area (Å²) in [6.45, 7) is 5.69. The molecule has 3 aromatic rings. The van der Waals surface area contributed by atoms with Crippen molar-refractivity contribution in [3.63, 3.8) is 0 Å². The fourth-order valence-electron chi connectivity index (χ4n) is 4.01. The van der Waals surface area contributed by atoms with E-state index in [1.54, 1.807) is 4.90 Å². The van der Waals surface area contributed by atoms with Gasteiger partial charge in [0.1, 0.15) is 6.04 Å². The molecule has 172 valence electrons. The first kappa shape index (κ1) is 22.9. The van der Waals surface area contributed by atoms with Crippen molar-refractivity contribution in [1.29, 1.82) is 0 Å². The van der Waals surface area contributed by atoms with Crippen molar-refractivity contribution in [3.8, 4) is 0 Å². The molecule has 0 saturated carbocycles. The normalized spacial score (nSPS) is 16.1. The predicted molar refractivity (Wildman–Crippen MR) is 134 cm³/mol. The van der Waals surface area contributed by atoms with E-state index in [2.05, 4.69) is 10.3 Å². The molecule has 1 fully saturated rings. The summed E-state index contributed by atoms with van der Waals surface area (Å²) in [6, 6.07) is 14.6. The molecule has 1 aliphatic rings. The number of benzene rings is 2. The molecule has 1 saturated heterocycles. The van der Waals surface area contributed by atoms with Crippen LogP contribution in [-0.4, -0.2) is 52.6 Å². The van der Waals surface area contributed by atoms with Crippen LogP contribution in [0, 0.1) is 6.92 Å². The van der Waals surface area contributed by atoms with Gasteiger partial charge in [-0.25, -0.2) is 0 Å². The standard InChI is InChI=1S/C25H28N4O3S/c1-3-32-14-4-13-28-22(24(31)29(25(28)33)20-9-5-17(2)6-10-20)16-23(30)27-19-8-7-18-11-12-26-21(18)15-19/h5-12,15,22,26H,3-4,13-14,16H2,1-2H3,(H,27,30). The number of fused-ring (bicyclic) bond motifs is 1. The Morgan fingerprint density at radius 3 is 2.73 bits per heavy atom. The Hall–Kier alpha value is -3.23. The van der Waals surface area contributed by atoms with Crippen molar-refractivity contribution in [2.75, 3.05) is 30.0 Å². The summed E-state index contributed by atoms with van der Waals surface area (Å²) in [5, 5.41) is 4.41. The molecule has 2 heterocycles. The van der Waals surface area contributed by atoms with Crippen molar-refractivity contribution in [2.45, 2.75) is 32.7 Å².